The van der Waals surface area contributed by atoms with Gasteiger partial charge in [-0.3, -0.25) is 5.32 Å². The van der Waals surface area contributed by atoms with Gasteiger partial charge in [0.2, 0.25) is 0 Å². The molecule has 0 saturated heterocycles. The van der Waals surface area contributed by atoms with Crippen molar-refractivity contribution in [1.29, 1.82) is 0 Å². The number of nitrogens with two attached hydrogens (primary N) is 1. The zero-order chi connectivity index (χ0) is 13.0. The number of amides is 2. The van der Waals surface area contributed by atoms with Gasteiger partial charge in [0.15, 0.2) is 0 Å². The minimum Gasteiger partial charge on any atom is -0.399 e. The summed E-state index contributed by atoms with van der Waals surface area (Å²) in [6.07, 6.45) is 1.52. The molecule has 92 valence electrons. The van der Waals surface area contributed by atoms with Gasteiger partial charge in [-0.1, -0.05) is 11.6 Å². The molecule has 0 radical (unpaired) electrons. The van der Waals surface area contributed by atoms with Crippen LogP contribution in [0.5, 0.6) is 0 Å². The summed E-state index contributed by atoms with van der Waals surface area (Å²) < 4.78 is 0. The third kappa shape index (κ3) is 3.36. The van der Waals surface area contributed by atoms with Crippen LogP contribution in [0.15, 0.2) is 42.6 Å². The number of halogens is 1. The van der Waals surface area contributed by atoms with E-state index in [0.29, 0.717) is 22.2 Å². The Morgan fingerprint density at radius 3 is 2.56 bits per heavy atom. The standard InChI is InChI=1S/C12H11ClN4O/c13-8-5-6-15-11(7-8)17-12(18)16-10-3-1-9(14)2-4-10/h1-7H,14H2,(H2,15,16,17,18). The number of carbonyl (C=O) groups is 1. The van der Waals surface area contributed by atoms with Gasteiger partial charge >= 0.3 is 6.03 Å². The predicted molar refractivity (Wildman–Crippen MR) is 72.7 cm³/mol. The Morgan fingerprint density at radius 1 is 1.17 bits per heavy atom. The monoisotopic (exact) mass is 262 g/mol. The van der Waals surface area contributed by atoms with Crippen LogP contribution in [0.2, 0.25) is 5.02 Å². The van der Waals surface area contributed by atoms with E-state index in [1.165, 1.54) is 6.20 Å². The first kappa shape index (κ1) is 12.2. The highest BCUT2D eigenvalue weighted by atomic mass is 35.5. The number of anilines is 3. The Labute approximate surface area is 109 Å². The van der Waals surface area contributed by atoms with Crippen molar-refractivity contribution >= 4 is 34.8 Å². The summed E-state index contributed by atoms with van der Waals surface area (Å²) in [5.74, 6) is 0.385. The highest BCUT2D eigenvalue weighted by Crippen LogP contribution is 2.13. The molecule has 4 N–H and O–H groups in total. The molecular formula is C12H11ClN4O. The molecule has 1 heterocycles. The van der Waals surface area contributed by atoms with Crippen molar-refractivity contribution in [3.63, 3.8) is 0 Å². The Morgan fingerprint density at radius 2 is 1.89 bits per heavy atom. The van der Waals surface area contributed by atoms with Crippen molar-refractivity contribution in [2.75, 3.05) is 16.4 Å². The Balaban J connectivity index is 1.98. The zero-order valence-electron chi connectivity index (χ0n) is 9.35. The topological polar surface area (TPSA) is 80.0 Å². The number of rotatable bonds is 2. The maximum Gasteiger partial charge on any atom is 0.324 e. The van der Waals surface area contributed by atoms with Gasteiger partial charge in [-0.15, -0.1) is 0 Å². The van der Waals surface area contributed by atoms with Crippen LogP contribution in [0.1, 0.15) is 0 Å². The second-order valence-corrected chi connectivity index (χ2v) is 4.00. The summed E-state index contributed by atoms with van der Waals surface area (Å²) in [4.78, 5) is 15.6. The minimum atomic E-state index is -0.394. The van der Waals surface area contributed by atoms with E-state index >= 15 is 0 Å². The summed E-state index contributed by atoms with van der Waals surface area (Å²) in [7, 11) is 0. The number of urea groups is 1. The molecule has 0 bridgehead atoms. The smallest absolute Gasteiger partial charge is 0.324 e. The quantitative estimate of drug-likeness (QED) is 0.728. The van der Waals surface area contributed by atoms with E-state index in [1.807, 2.05) is 0 Å². The van der Waals surface area contributed by atoms with Crippen LogP contribution in [0.4, 0.5) is 22.0 Å². The van der Waals surface area contributed by atoms with Crippen LogP contribution in [-0.4, -0.2) is 11.0 Å². The molecule has 0 unspecified atom stereocenters. The van der Waals surface area contributed by atoms with E-state index < -0.39 is 6.03 Å². The molecule has 18 heavy (non-hydrogen) atoms. The summed E-state index contributed by atoms with van der Waals surface area (Å²) in [5, 5.41) is 5.72. The zero-order valence-corrected chi connectivity index (χ0v) is 10.1. The van der Waals surface area contributed by atoms with Gasteiger partial charge in [0.05, 0.1) is 0 Å². The van der Waals surface area contributed by atoms with Crippen LogP contribution in [0.25, 0.3) is 0 Å². The van der Waals surface area contributed by atoms with Crippen LogP contribution in [0.3, 0.4) is 0 Å². The number of hydrogen-bond acceptors (Lipinski definition) is 3. The average molecular weight is 263 g/mol. The summed E-state index contributed by atoms with van der Waals surface area (Å²) in [6, 6.07) is 9.62. The highest BCUT2D eigenvalue weighted by Gasteiger charge is 2.03. The first-order valence-electron chi connectivity index (χ1n) is 5.18. The van der Waals surface area contributed by atoms with Gasteiger partial charge in [0.25, 0.3) is 0 Å². The SMILES string of the molecule is Nc1ccc(NC(=O)Nc2cc(Cl)ccn2)cc1. The third-order valence-corrected chi connectivity index (χ3v) is 2.37. The molecule has 0 saturated carbocycles. The number of nitrogens with one attached hydrogen (secondary N) is 2. The second kappa shape index (κ2) is 5.37. The molecule has 1 aromatic carbocycles. The first-order chi connectivity index (χ1) is 8.63. The summed E-state index contributed by atoms with van der Waals surface area (Å²) >= 11 is 5.78. The first-order valence-corrected chi connectivity index (χ1v) is 5.56. The number of nitrogen functional groups attached to an aromatic ring is 1. The molecule has 2 amide bonds. The molecule has 5 nitrogen and oxygen atoms in total. The number of pyridine rings is 1. The lowest BCUT2D eigenvalue weighted by molar-refractivity contribution is 0.262. The van der Waals surface area contributed by atoms with Gasteiger partial charge < -0.3 is 11.1 Å². The third-order valence-electron chi connectivity index (χ3n) is 2.13. The maximum absolute atomic E-state index is 11.6. The van der Waals surface area contributed by atoms with Gasteiger partial charge in [0.1, 0.15) is 5.82 Å². The lowest BCUT2D eigenvalue weighted by Gasteiger charge is -2.07. The molecule has 0 fully saturated rings. The van der Waals surface area contributed by atoms with Crippen molar-refractivity contribution in [2.45, 2.75) is 0 Å². The van der Waals surface area contributed by atoms with Gasteiger partial charge in [-0.05, 0) is 36.4 Å². The Hall–Kier alpha value is -2.27. The lowest BCUT2D eigenvalue weighted by Crippen LogP contribution is -2.19. The molecule has 0 aliphatic heterocycles. The van der Waals surface area contributed by atoms with E-state index in [1.54, 1.807) is 36.4 Å². The van der Waals surface area contributed by atoms with Crippen molar-refractivity contribution < 1.29 is 4.79 Å². The van der Waals surface area contributed by atoms with Crippen LogP contribution in [0, 0.1) is 0 Å². The van der Waals surface area contributed by atoms with Crippen molar-refractivity contribution in [3.8, 4) is 0 Å². The summed E-state index contributed by atoms with van der Waals surface area (Å²) in [6.45, 7) is 0. The molecular weight excluding hydrogens is 252 g/mol. The molecule has 6 heteroatoms. The molecule has 1 aromatic heterocycles. The number of hydrogen-bond donors (Lipinski definition) is 3. The lowest BCUT2D eigenvalue weighted by atomic mass is 10.3. The fraction of sp³-hybridized carbons (Fsp3) is 0. The van der Waals surface area contributed by atoms with E-state index in [2.05, 4.69) is 15.6 Å². The maximum atomic E-state index is 11.6. The average Bonchev–Trinajstić information content (AvgIpc) is 2.32. The van der Waals surface area contributed by atoms with E-state index in [9.17, 15) is 4.79 Å². The molecule has 2 rings (SSSR count). The number of aromatic nitrogens is 1. The predicted octanol–water partition coefficient (Wildman–Crippen LogP) is 2.96. The van der Waals surface area contributed by atoms with Crippen molar-refractivity contribution in [1.82, 2.24) is 4.98 Å². The fourth-order valence-electron chi connectivity index (χ4n) is 1.32. The van der Waals surface area contributed by atoms with Gasteiger partial charge in [-0.2, -0.15) is 0 Å². The second-order valence-electron chi connectivity index (χ2n) is 3.56. The number of nitrogens with zero attached hydrogens (tertiary/aromatic N) is 1. The molecule has 0 aliphatic carbocycles. The number of benzene rings is 1. The van der Waals surface area contributed by atoms with E-state index in [0.717, 1.165) is 0 Å². The van der Waals surface area contributed by atoms with Crippen LogP contribution in [-0.2, 0) is 0 Å². The Bertz CT molecular complexity index is 556. The largest absolute Gasteiger partial charge is 0.399 e. The van der Waals surface area contributed by atoms with Crippen LogP contribution >= 0.6 is 11.6 Å². The highest BCUT2D eigenvalue weighted by molar-refractivity contribution is 6.30. The molecule has 0 spiro atoms. The van der Waals surface area contributed by atoms with Gasteiger partial charge in [0, 0.05) is 22.6 Å². The van der Waals surface area contributed by atoms with E-state index in [4.69, 9.17) is 17.3 Å². The normalized spacial score (nSPS) is 9.83. The number of carbonyl (C=O) groups excluding carboxylic acids is 1. The van der Waals surface area contributed by atoms with Gasteiger partial charge in [-0.25, -0.2) is 9.78 Å². The van der Waals surface area contributed by atoms with Crippen LogP contribution < -0.4 is 16.4 Å². The molecule has 2 aromatic rings. The molecule has 0 atom stereocenters. The molecule has 0 aliphatic rings. The van der Waals surface area contributed by atoms with Crippen molar-refractivity contribution in [3.05, 3.63) is 47.6 Å². The fourth-order valence-corrected chi connectivity index (χ4v) is 1.48. The minimum absolute atomic E-state index is 0.385. The Kier molecular flexibility index (Phi) is 3.64. The van der Waals surface area contributed by atoms with E-state index in [-0.39, 0.29) is 0 Å². The summed E-state index contributed by atoms with van der Waals surface area (Å²) in [5.41, 5.74) is 6.82. The van der Waals surface area contributed by atoms with Crippen molar-refractivity contribution in [2.24, 2.45) is 0 Å².